The second-order valence-corrected chi connectivity index (χ2v) is 9.73. The summed E-state index contributed by atoms with van der Waals surface area (Å²) in [6.07, 6.45) is 3.40. The first kappa shape index (κ1) is 22.4. The summed E-state index contributed by atoms with van der Waals surface area (Å²) in [7, 11) is 0. The maximum absolute atomic E-state index is 13.1. The molecule has 0 bridgehead atoms. The van der Waals surface area contributed by atoms with E-state index in [2.05, 4.69) is 46.8 Å². The number of ether oxygens (including phenoxy) is 1. The van der Waals surface area contributed by atoms with E-state index in [1.54, 1.807) is 4.90 Å². The standard InChI is InChI=1S/C24H37NO3/c1-17(2)16-19-9-11-20(12-10-19)18(3)22(26)25-14-7-8-21(25)23(27)28-15-13-24(4,5)6/h9-12,17-18,21H,7-8,13-16H2,1-6H3/t18?,21-/m0/s1. The van der Waals surface area contributed by atoms with Crippen molar-refractivity contribution in [3.8, 4) is 0 Å². The van der Waals surface area contributed by atoms with E-state index in [1.165, 1.54) is 5.56 Å². The van der Waals surface area contributed by atoms with Crippen molar-refractivity contribution in [1.82, 2.24) is 4.90 Å². The Bertz CT molecular complexity index is 657. The first-order chi connectivity index (χ1) is 13.1. The van der Waals surface area contributed by atoms with Crippen molar-refractivity contribution >= 4 is 11.9 Å². The molecular formula is C24H37NO3. The summed E-state index contributed by atoms with van der Waals surface area (Å²) in [5.41, 5.74) is 2.42. The largest absolute Gasteiger partial charge is 0.464 e. The van der Waals surface area contributed by atoms with Gasteiger partial charge in [0.15, 0.2) is 0 Å². The second kappa shape index (κ2) is 9.58. The van der Waals surface area contributed by atoms with Gasteiger partial charge in [0, 0.05) is 6.54 Å². The monoisotopic (exact) mass is 387 g/mol. The van der Waals surface area contributed by atoms with Crippen molar-refractivity contribution in [3.05, 3.63) is 35.4 Å². The number of amides is 1. The van der Waals surface area contributed by atoms with Gasteiger partial charge in [0.2, 0.25) is 5.91 Å². The molecular weight excluding hydrogens is 350 g/mol. The molecule has 1 aliphatic heterocycles. The Balaban J connectivity index is 1.98. The van der Waals surface area contributed by atoms with E-state index in [0.29, 0.717) is 25.5 Å². The third-order valence-electron chi connectivity index (χ3n) is 5.40. The van der Waals surface area contributed by atoms with E-state index < -0.39 is 6.04 Å². The van der Waals surface area contributed by atoms with E-state index in [1.807, 2.05) is 19.1 Å². The molecule has 0 aromatic heterocycles. The number of rotatable bonds is 7. The zero-order chi connectivity index (χ0) is 20.9. The predicted octanol–water partition coefficient (Wildman–Crippen LogP) is 4.96. The number of hydrogen-bond acceptors (Lipinski definition) is 3. The van der Waals surface area contributed by atoms with Crippen LogP contribution >= 0.6 is 0 Å². The molecule has 0 spiro atoms. The van der Waals surface area contributed by atoms with Crippen LogP contribution in [0.3, 0.4) is 0 Å². The predicted molar refractivity (Wildman–Crippen MR) is 113 cm³/mol. The van der Waals surface area contributed by atoms with E-state index in [4.69, 9.17) is 4.74 Å². The Hall–Kier alpha value is -1.84. The molecule has 1 unspecified atom stereocenters. The molecule has 2 rings (SSSR count). The van der Waals surface area contributed by atoms with Crippen molar-refractivity contribution in [3.63, 3.8) is 0 Å². The smallest absolute Gasteiger partial charge is 0.328 e. The average molecular weight is 388 g/mol. The van der Waals surface area contributed by atoms with Gasteiger partial charge in [0.25, 0.3) is 0 Å². The normalized spacial score (nSPS) is 18.4. The molecule has 1 aliphatic rings. The van der Waals surface area contributed by atoms with Gasteiger partial charge in [-0.05, 0) is 55.1 Å². The quantitative estimate of drug-likeness (QED) is 0.621. The van der Waals surface area contributed by atoms with Gasteiger partial charge in [-0.3, -0.25) is 4.79 Å². The Morgan fingerprint density at radius 2 is 1.79 bits per heavy atom. The Kier molecular flexibility index (Phi) is 7.68. The Morgan fingerprint density at radius 3 is 2.36 bits per heavy atom. The Labute approximate surface area is 170 Å². The third-order valence-corrected chi connectivity index (χ3v) is 5.40. The maximum atomic E-state index is 13.1. The van der Waals surface area contributed by atoms with E-state index in [-0.39, 0.29) is 23.2 Å². The van der Waals surface area contributed by atoms with Crippen LogP contribution < -0.4 is 0 Å². The fraction of sp³-hybridized carbons (Fsp3) is 0.667. The van der Waals surface area contributed by atoms with Crippen molar-refractivity contribution in [2.75, 3.05) is 13.2 Å². The fourth-order valence-electron chi connectivity index (χ4n) is 3.63. The van der Waals surface area contributed by atoms with Crippen molar-refractivity contribution < 1.29 is 14.3 Å². The molecule has 1 saturated heterocycles. The lowest BCUT2D eigenvalue weighted by Gasteiger charge is -2.27. The van der Waals surface area contributed by atoms with Gasteiger partial charge in [-0.25, -0.2) is 4.79 Å². The fourth-order valence-corrected chi connectivity index (χ4v) is 3.63. The topological polar surface area (TPSA) is 46.6 Å². The van der Waals surface area contributed by atoms with Gasteiger partial charge >= 0.3 is 5.97 Å². The number of nitrogens with zero attached hydrogens (tertiary/aromatic N) is 1. The van der Waals surface area contributed by atoms with Crippen LogP contribution in [0.1, 0.15) is 77.8 Å². The first-order valence-electron chi connectivity index (χ1n) is 10.6. The molecule has 0 saturated carbocycles. The summed E-state index contributed by atoms with van der Waals surface area (Å²) >= 11 is 0. The van der Waals surface area contributed by atoms with Crippen LogP contribution in [0.2, 0.25) is 0 Å². The van der Waals surface area contributed by atoms with Crippen LogP contribution in [0.25, 0.3) is 0 Å². The molecule has 1 aromatic carbocycles. The lowest BCUT2D eigenvalue weighted by Crippen LogP contribution is -2.43. The minimum Gasteiger partial charge on any atom is -0.464 e. The van der Waals surface area contributed by atoms with Gasteiger partial charge < -0.3 is 9.64 Å². The van der Waals surface area contributed by atoms with E-state index >= 15 is 0 Å². The molecule has 1 heterocycles. The molecule has 28 heavy (non-hydrogen) atoms. The number of esters is 1. The van der Waals surface area contributed by atoms with Gasteiger partial charge in [-0.15, -0.1) is 0 Å². The minimum absolute atomic E-state index is 0.0203. The highest BCUT2D eigenvalue weighted by atomic mass is 16.5. The van der Waals surface area contributed by atoms with Crippen LogP contribution in [0.5, 0.6) is 0 Å². The lowest BCUT2D eigenvalue weighted by atomic mass is 9.93. The molecule has 156 valence electrons. The van der Waals surface area contributed by atoms with E-state index in [9.17, 15) is 9.59 Å². The average Bonchev–Trinajstić information content (AvgIpc) is 3.09. The zero-order valence-electron chi connectivity index (χ0n) is 18.5. The molecule has 0 radical (unpaired) electrons. The van der Waals surface area contributed by atoms with Gasteiger partial charge in [0.1, 0.15) is 6.04 Å². The number of likely N-dealkylation sites (tertiary alicyclic amines) is 1. The number of hydrogen-bond donors (Lipinski definition) is 0. The maximum Gasteiger partial charge on any atom is 0.328 e. The highest BCUT2D eigenvalue weighted by Gasteiger charge is 2.37. The van der Waals surface area contributed by atoms with E-state index in [0.717, 1.165) is 24.8 Å². The van der Waals surface area contributed by atoms with Gasteiger partial charge in [-0.2, -0.15) is 0 Å². The highest BCUT2D eigenvalue weighted by Crippen LogP contribution is 2.26. The second-order valence-electron chi connectivity index (χ2n) is 9.73. The number of carbonyl (C=O) groups is 2. The summed E-state index contributed by atoms with van der Waals surface area (Å²) in [4.78, 5) is 27.3. The van der Waals surface area contributed by atoms with Crippen molar-refractivity contribution in [2.45, 2.75) is 79.2 Å². The van der Waals surface area contributed by atoms with Gasteiger partial charge in [-0.1, -0.05) is 58.9 Å². The molecule has 1 amide bonds. The van der Waals surface area contributed by atoms with Crippen LogP contribution in [-0.4, -0.2) is 36.0 Å². The summed E-state index contributed by atoms with van der Waals surface area (Å²) in [6, 6.07) is 7.89. The lowest BCUT2D eigenvalue weighted by molar-refractivity contribution is -0.154. The molecule has 1 fully saturated rings. The highest BCUT2D eigenvalue weighted by molar-refractivity contribution is 5.89. The summed E-state index contributed by atoms with van der Waals surface area (Å²) in [5.74, 6) is 0.122. The van der Waals surface area contributed by atoms with Crippen molar-refractivity contribution in [2.24, 2.45) is 11.3 Å². The van der Waals surface area contributed by atoms with Crippen LogP contribution in [-0.2, 0) is 20.7 Å². The summed E-state index contributed by atoms with van der Waals surface area (Å²) in [6.45, 7) is 13.8. The minimum atomic E-state index is -0.435. The van der Waals surface area contributed by atoms with Crippen LogP contribution in [0, 0.1) is 11.3 Å². The molecule has 0 N–H and O–H groups in total. The molecule has 0 aliphatic carbocycles. The summed E-state index contributed by atoms with van der Waals surface area (Å²) in [5, 5.41) is 0. The molecule has 4 nitrogen and oxygen atoms in total. The molecule has 4 heteroatoms. The summed E-state index contributed by atoms with van der Waals surface area (Å²) < 4.78 is 5.49. The first-order valence-corrected chi connectivity index (χ1v) is 10.6. The zero-order valence-corrected chi connectivity index (χ0v) is 18.5. The Morgan fingerprint density at radius 1 is 1.14 bits per heavy atom. The molecule has 2 atom stereocenters. The van der Waals surface area contributed by atoms with Crippen LogP contribution in [0.4, 0.5) is 0 Å². The number of benzene rings is 1. The SMILES string of the molecule is CC(C)Cc1ccc(C(C)C(=O)N2CCC[C@H]2C(=O)OCCC(C)(C)C)cc1. The number of carbonyl (C=O) groups excluding carboxylic acids is 2. The van der Waals surface area contributed by atoms with Gasteiger partial charge in [0.05, 0.1) is 12.5 Å². The van der Waals surface area contributed by atoms with Crippen LogP contribution in [0.15, 0.2) is 24.3 Å². The molecule has 1 aromatic rings. The third kappa shape index (κ3) is 6.35. The van der Waals surface area contributed by atoms with Crippen molar-refractivity contribution in [1.29, 1.82) is 0 Å².